The van der Waals surface area contributed by atoms with Crippen molar-refractivity contribution in [3.63, 3.8) is 0 Å². The van der Waals surface area contributed by atoms with Gasteiger partial charge in [-0.3, -0.25) is 10.1 Å². The van der Waals surface area contributed by atoms with E-state index < -0.39 is 14.9 Å². The number of hydrogen-bond acceptors (Lipinski definition) is 6. The summed E-state index contributed by atoms with van der Waals surface area (Å²) in [5.74, 6) is -0.0811. The fourth-order valence-corrected chi connectivity index (χ4v) is 3.30. The lowest BCUT2D eigenvalue weighted by Gasteiger charge is -2.12. The highest BCUT2D eigenvalue weighted by Crippen LogP contribution is 2.29. The van der Waals surface area contributed by atoms with E-state index in [9.17, 15) is 18.5 Å². The Kier molecular flexibility index (Phi) is 4.21. The van der Waals surface area contributed by atoms with Crippen LogP contribution in [0.2, 0.25) is 0 Å². The fourth-order valence-electron chi connectivity index (χ4n) is 2.02. The topological polar surface area (TPSA) is 111 Å². The molecule has 2 rings (SSSR count). The Hall–Kier alpha value is -1.71. The first-order valence-corrected chi connectivity index (χ1v) is 7.48. The zero-order valence-electron chi connectivity index (χ0n) is 10.8. The minimum absolute atomic E-state index is 0.0492. The summed E-state index contributed by atoms with van der Waals surface area (Å²) >= 11 is 0. The third-order valence-electron chi connectivity index (χ3n) is 3.04. The molecule has 0 radical (unpaired) electrons. The van der Waals surface area contributed by atoms with E-state index in [-0.39, 0.29) is 22.4 Å². The molecule has 1 atom stereocenters. The second-order valence-corrected chi connectivity index (χ2v) is 6.12. The summed E-state index contributed by atoms with van der Waals surface area (Å²) in [6.07, 6.45) is 0.712. The van der Waals surface area contributed by atoms with Crippen LogP contribution < -0.4 is 14.8 Å². The van der Waals surface area contributed by atoms with Crippen molar-refractivity contribution in [1.82, 2.24) is 10.0 Å². The molecule has 0 aliphatic carbocycles. The molecule has 0 amide bonds. The van der Waals surface area contributed by atoms with E-state index in [0.29, 0.717) is 13.0 Å². The molecule has 1 aliphatic rings. The maximum atomic E-state index is 12.2. The molecule has 110 valence electrons. The van der Waals surface area contributed by atoms with E-state index in [2.05, 4.69) is 10.0 Å². The molecule has 1 aliphatic heterocycles. The van der Waals surface area contributed by atoms with E-state index in [0.717, 1.165) is 18.7 Å². The summed E-state index contributed by atoms with van der Waals surface area (Å²) in [4.78, 5) is 10.1. The fraction of sp³-hybridized carbons (Fsp3) is 0.455. The van der Waals surface area contributed by atoms with Crippen LogP contribution in [0.5, 0.6) is 5.75 Å². The number of hydrogen-bond donors (Lipinski definition) is 2. The van der Waals surface area contributed by atoms with Crippen LogP contribution >= 0.6 is 0 Å². The van der Waals surface area contributed by atoms with Crippen LogP contribution in [0.4, 0.5) is 5.69 Å². The van der Waals surface area contributed by atoms with Crippen LogP contribution in [0.3, 0.4) is 0 Å². The van der Waals surface area contributed by atoms with Gasteiger partial charge in [0.25, 0.3) is 0 Å². The predicted octanol–water partition coefficient (Wildman–Crippen LogP) is 0.244. The molecule has 20 heavy (non-hydrogen) atoms. The van der Waals surface area contributed by atoms with Crippen molar-refractivity contribution in [3.8, 4) is 5.75 Å². The standard InChI is InChI=1S/C11H15N3O5S/c1-19-11-6-9(2-3-10(11)14(15)16)20(17,18)13-8-4-5-12-7-8/h2-3,6,8,12-13H,4-5,7H2,1H3. The van der Waals surface area contributed by atoms with Gasteiger partial charge in [-0.15, -0.1) is 0 Å². The lowest BCUT2D eigenvalue weighted by Crippen LogP contribution is -2.36. The second-order valence-electron chi connectivity index (χ2n) is 4.40. The van der Waals surface area contributed by atoms with Crippen molar-refractivity contribution in [2.24, 2.45) is 0 Å². The molecule has 1 fully saturated rings. The third kappa shape index (κ3) is 3.06. The van der Waals surface area contributed by atoms with Gasteiger partial charge in [-0.25, -0.2) is 13.1 Å². The van der Waals surface area contributed by atoms with Gasteiger partial charge < -0.3 is 10.1 Å². The van der Waals surface area contributed by atoms with E-state index in [1.807, 2.05) is 0 Å². The molecule has 1 unspecified atom stereocenters. The van der Waals surface area contributed by atoms with Crippen molar-refractivity contribution in [1.29, 1.82) is 0 Å². The van der Waals surface area contributed by atoms with Crippen LogP contribution in [0, 0.1) is 10.1 Å². The summed E-state index contributed by atoms with van der Waals surface area (Å²) in [6.45, 7) is 1.33. The molecule has 0 bridgehead atoms. The van der Waals surface area contributed by atoms with Gasteiger partial charge in [0.15, 0.2) is 5.75 Å². The average Bonchev–Trinajstić information content (AvgIpc) is 2.89. The van der Waals surface area contributed by atoms with Crippen LogP contribution in [0.15, 0.2) is 23.1 Å². The van der Waals surface area contributed by atoms with Gasteiger partial charge in [-0.1, -0.05) is 0 Å². The van der Waals surface area contributed by atoms with Crippen molar-refractivity contribution in [2.45, 2.75) is 17.4 Å². The first-order valence-electron chi connectivity index (χ1n) is 5.99. The number of ether oxygens (including phenoxy) is 1. The Morgan fingerprint density at radius 3 is 2.80 bits per heavy atom. The van der Waals surface area contributed by atoms with Gasteiger partial charge in [0.1, 0.15) is 0 Å². The smallest absolute Gasteiger partial charge is 0.310 e. The minimum Gasteiger partial charge on any atom is -0.490 e. The molecule has 1 heterocycles. The number of nitrogens with one attached hydrogen (secondary N) is 2. The van der Waals surface area contributed by atoms with Gasteiger partial charge in [-0.2, -0.15) is 0 Å². The van der Waals surface area contributed by atoms with Crippen molar-refractivity contribution >= 4 is 15.7 Å². The monoisotopic (exact) mass is 301 g/mol. The summed E-state index contributed by atoms with van der Waals surface area (Å²) in [5.41, 5.74) is -0.269. The molecule has 9 heteroatoms. The Labute approximate surface area is 116 Å². The van der Waals surface area contributed by atoms with Gasteiger partial charge >= 0.3 is 5.69 Å². The zero-order chi connectivity index (χ0) is 14.8. The average molecular weight is 301 g/mol. The predicted molar refractivity (Wildman–Crippen MR) is 71.2 cm³/mol. The van der Waals surface area contributed by atoms with Gasteiger partial charge in [-0.05, 0) is 19.0 Å². The van der Waals surface area contributed by atoms with Gasteiger partial charge in [0.05, 0.1) is 16.9 Å². The quantitative estimate of drug-likeness (QED) is 0.595. The number of sulfonamides is 1. The third-order valence-corrected chi connectivity index (χ3v) is 4.56. The van der Waals surface area contributed by atoms with Crippen LogP contribution in [-0.2, 0) is 10.0 Å². The van der Waals surface area contributed by atoms with Crippen molar-refractivity contribution in [2.75, 3.05) is 20.2 Å². The largest absolute Gasteiger partial charge is 0.490 e. The normalized spacial score (nSPS) is 18.9. The zero-order valence-corrected chi connectivity index (χ0v) is 11.6. The van der Waals surface area contributed by atoms with Crippen molar-refractivity contribution < 1.29 is 18.1 Å². The summed E-state index contributed by atoms with van der Waals surface area (Å²) in [5, 5.41) is 13.8. The Bertz CT molecular complexity index is 610. The van der Waals surface area contributed by atoms with Crippen molar-refractivity contribution in [3.05, 3.63) is 28.3 Å². The Balaban J connectivity index is 2.29. The molecule has 1 saturated heterocycles. The van der Waals surface area contributed by atoms with Crippen LogP contribution in [0.25, 0.3) is 0 Å². The molecular formula is C11H15N3O5S. The first-order chi connectivity index (χ1) is 9.44. The maximum Gasteiger partial charge on any atom is 0.310 e. The highest BCUT2D eigenvalue weighted by Gasteiger charge is 2.25. The number of benzene rings is 1. The van der Waals surface area contributed by atoms with E-state index in [1.165, 1.54) is 13.2 Å². The van der Waals surface area contributed by atoms with Crippen LogP contribution in [-0.4, -0.2) is 39.6 Å². The SMILES string of the molecule is COc1cc(S(=O)(=O)NC2CCNC2)ccc1[N+](=O)[O-]. The van der Waals surface area contributed by atoms with E-state index in [4.69, 9.17) is 4.74 Å². The van der Waals surface area contributed by atoms with Gasteiger partial charge in [0, 0.05) is 24.7 Å². The molecule has 8 nitrogen and oxygen atoms in total. The number of nitrogens with zero attached hydrogens (tertiary/aromatic N) is 1. The Morgan fingerprint density at radius 1 is 1.50 bits per heavy atom. The minimum atomic E-state index is -3.71. The molecule has 1 aromatic rings. The summed E-state index contributed by atoms with van der Waals surface area (Å²) in [7, 11) is -2.45. The molecule has 0 aromatic heterocycles. The Morgan fingerprint density at radius 2 is 2.25 bits per heavy atom. The molecule has 0 spiro atoms. The lowest BCUT2D eigenvalue weighted by molar-refractivity contribution is -0.385. The number of nitro groups is 1. The molecule has 0 saturated carbocycles. The van der Waals surface area contributed by atoms with E-state index in [1.54, 1.807) is 0 Å². The van der Waals surface area contributed by atoms with Crippen LogP contribution in [0.1, 0.15) is 6.42 Å². The highest BCUT2D eigenvalue weighted by molar-refractivity contribution is 7.89. The highest BCUT2D eigenvalue weighted by atomic mass is 32.2. The number of rotatable bonds is 5. The van der Waals surface area contributed by atoms with E-state index >= 15 is 0 Å². The number of nitro benzene ring substituents is 1. The lowest BCUT2D eigenvalue weighted by atomic mass is 10.3. The maximum absolute atomic E-state index is 12.2. The second kappa shape index (κ2) is 5.73. The molecular weight excluding hydrogens is 286 g/mol. The van der Waals surface area contributed by atoms with Gasteiger partial charge in [0.2, 0.25) is 10.0 Å². The molecule has 1 aromatic carbocycles. The summed E-state index contributed by atoms with van der Waals surface area (Å²) < 4.78 is 31.8. The summed E-state index contributed by atoms with van der Waals surface area (Å²) in [6, 6.07) is 3.32. The number of methoxy groups -OCH3 is 1. The first kappa shape index (κ1) is 14.7. The molecule has 2 N–H and O–H groups in total.